The number of aromatic amines is 1. The highest BCUT2D eigenvalue weighted by Gasteiger charge is 2.50. The predicted molar refractivity (Wildman–Crippen MR) is 137 cm³/mol. The summed E-state index contributed by atoms with van der Waals surface area (Å²) in [6, 6.07) is 7.90. The Hall–Kier alpha value is -4.00. The summed E-state index contributed by atoms with van der Waals surface area (Å²) in [5.41, 5.74) is 9.09. The van der Waals surface area contributed by atoms with Crippen molar-refractivity contribution in [3.05, 3.63) is 65.5 Å². The van der Waals surface area contributed by atoms with E-state index in [2.05, 4.69) is 17.6 Å². The molecule has 0 atom stereocenters. The molecule has 1 saturated carbocycles. The second kappa shape index (κ2) is 7.50. The monoisotopic (exact) mass is 478 g/mol. The first-order chi connectivity index (χ1) is 17.5. The number of aromatic nitrogens is 2. The van der Waals surface area contributed by atoms with Gasteiger partial charge in [0.25, 0.3) is 5.91 Å². The van der Waals surface area contributed by atoms with Gasteiger partial charge in [0.1, 0.15) is 12.4 Å². The molecule has 1 aliphatic heterocycles. The summed E-state index contributed by atoms with van der Waals surface area (Å²) in [6.07, 6.45) is 7.88. The molecule has 7 nitrogen and oxygen atoms in total. The summed E-state index contributed by atoms with van der Waals surface area (Å²) >= 11 is 0. The molecular weight excluding hydrogens is 452 g/mol. The average molecular weight is 479 g/mol. The predicted octanol–water partition coefficient (Wildman–Crippen LogP) is 4.68. The third-order valence-corrected chi connectivity index (χ3v) is 8.27. The number of carbonyl (C=O) groups is 2. The van der Waals surface area contributed by atoms with Crippen LogP contribution in [0.15, 0.2) is 43.1 Å². The van der Waals surface area contributed by atoms with Gasteiger partial charge in [-0.05, 0) is 73.6 Å². The number of amides is 1. The normalized spacial score (nSPS) is 18.9. The lowest BCUT2D eigenvalue weighted by Gasteiger charge is -2.29. The second-order valence-electron chi connectivity index (χ2n) is 10.3. The Kier molecular flexibility index (Phi) is 4.44. The van der Waals surface area contributed by atoms with E-state index >= 15 is 0 Å². The minimum Gasteiger partial charge on any atom is -0.490 e. The molecule has 1 amide bonds. The number of benzene rings is 1. The number of ether oxygens (including phenoxy) is 1. The van der Waals surface area contributed by atoms with Crippen LogP contribution >= 0.6 is 0 Å². The minimum absolute atomic E-state index is 0.0793. The van der Waals surface area contributed by atoms with Crippen LogP contribution in [-0.2, 0) is 24.1 Å². The molecule has 7 heteroatoms. The number of pyridine rings is 1. The van der Waals surface area contributed by atoms with Crippen molar-refractivity contribution in [3.63, 3.8) is 0 Å². The van der Waals surface area contributed by atoms with Crippen molar-refractivity contribution in [1.82, 2.24) is 9.97 Å². The Balaban J connectivity index is 1.31. The first-order valence-electron chi connectivity index (χ1n) is 12.5. The Morgan fingerprint density at radius 3 is 2.92 bits per heavy atom. The molecule has 0 saturated heterocycles. The Morgan fingerprint density at radius 1 is 1.25 bits per heavy atom. The molecule has 1 fully saturated rings. The first-order valence-corrected chi connectivity index (χ1v) is 12.5. The third-order valence-electron chi connectivity index (χ3n) is 8.27. The summed E-state index contributed by atoms with van der Waals surface area (Å²) in [6.45, 7) is 4.55. The van der Waals surface area contributed by atoms with Crippen LogP contribution < -0.4 is 9.64 Å². The molecule has 4 aliphatic rings. The molecule has 0 unspecified atom stereocenters. The van der Waals surface area contributed by atoms with Gasteiger partial charge in [0.05, 0.1) is 17.9 Å². The number of hydrogen-bond acceptors (Lipinski definition) is 5. The number of nitrogens with zero attached hydrogens (tertiary/aromatic N) is 2. The van der Waals surface area contributed by atoms with Gasteiger partial charge in [0.15, 0.2) is 5.78 Å². The molecule has 3 heterocycles. The number of hydrogen-bond donors (Lipinski definition) is 2. The maximum Gasteiger partial charge on any atom is 0.250 e. The lowest BCUT2D eigenvalue weighted by atomic mass is 9.87. The number of Topliss-reactive ketones (excluding diaryl/α,β-unsaturated/α-hetero) is 1. The molecular formula is C29H26N4O3. The first kappa shape index (κ1) is 21.3. The van der Waals surface area contributed by atoms with Crippen LogP contribution in [0, 0.1) is 10.8 Å². The SMILES string of the molecule is C=CC(=O)N1CCOc2ccc(-c3cc4c(cn3)CCc3c-4[nH]c4c3C(=O)CC(=N)C3(CC3)C4)cc21. The number of fused-ring (bicyclic) bond motifs is 6. The van der Waals surface area contributed by atoms with Crippen LogP contribution in [0.25, 0.3) is 22.5 Å². The number of anilines is 1. The molecule has 0 bridgehead atoms. The number of aryl methyl sites for hydroxylation is 1. The zero-order chi connectivity index (χ0) is 24.6. The number of nitrogens with one attached hydrogen (secondary N) is 2. The van der Waals surface area contributed by atoms with Gasteiger partial charge < -0.3 is 20.0 Å². The van der Waals surface area contributed by atoms with Crippen molar-refractivity contribution >= 4 is 23.1 Å². The standard InChI is InChI=1S/C29H26N4O3/c1-2-26(35)33-9-10-36-24-6-4-16(11-22(24)33)20-12-19-17(15-31-20)3-5-18-27-21(32-28(18)19)14-29(7-8-29)25(30)13-23(27)34/h2,4,6,11-12,15,30,32H,1,3,5,7-10,13-14H2. The fraction of sp³-hybridized carbons (Fsp3) is 0.310. The molecule has 2 N–H and O–H groups in total. The van der Waals surface area contributed by atoms with Gasteiger partial charge in [-0.25, -0.2) is 0 Å². The van der Waals surface area contributed by atoms with Crippen LogP contribution in [-0.4, -0.2) is 40.5 Å². The minimum atomic E-state index is -0.154. The number of H-pyrrole nitrogens is 1. The van der Waals surface area contributed by atoms with E-state index in [0.717, 1.165) is 82.7 Å². The Bertz CT molecular complexity index is 1510. The van der Waals surface area contributed by atoms with Crippen molar-refractivity contribution in [2.75, 3.05) is 18.1 Å². The highest BCUT2D eigenvalue weighted by Crippen LogP contribution is 2.53. The van der Waals surface area contributed by atoms with E-state index in [9.17, 15) is 9.59 Å². The number of carbonyl (C=O) groups excluding carboxylic acids is 2. The van der Waals surface area contributed by atoms with E-state index in [1.807, 2.05) is 24.4 Å². The van der Waals surface area contributed by atoms with E-state index in [1.165, 1.54) is 6.08 Å². The summed E-state index contributed by atoms with van der Waals surface area (Å²) < 4.78 is 5.77. The van der Waals surface area contributed by atoms with E-state index in [-0.39, 0.29) is 23.5 Å². The fourth-order valence-corrected chi connectivity index (χ4v) is 6.11. The van der Waals surface area contributed by atoms with Gasteiger partial charge in [-0.1, -0.05) is 6.58 Å². The molecule has 1 spiro atoms. The van der Waals surface area contributed by atoms with E-state index in [1.54, 1.807) is 4.90 Å². The summed E-state index contributed by atoms with van der Waals surface area (Å²) in [5.74, 6) is 0.598. The largest absolute Gasteiger partial charge is 0.490 e. The molecule has 36 heavy (non-hydrogen) atoms. The maximum absolute atomic E-state index is 13.2. The highest BCUT2D eigenvalue weighted by atomic mass is 16.5. The van der Waals surface area contributed by atoms with Gasteiger partial charge in [0.2, 0.25) is 0 Å². The van der Waals surface area contributed by atoms with Crippen molar-refractivity contribution in [1.29, 1.82) is 5.41 Å². The molecule has 180 valence electrons. The summed E-state index contributed by atoms with van der Waals surface area (Å²) in [5, 5.41) is 8.46. The van der Waals surface area contributed by atoms with Crippen LogP contribution in [0.2, 0.25) is 0 Å². The van der Waals surface area contributed by atoms with Crippen LogP contribution in [0.3, 0.4) is 0 Å². The molecule has 1 aromatic carbocycles. The zero-order valence-electron chi connectivity index (χ0n) is 19.9. The summed E-state index contributed by atoms with van der Waals surface area (Å²) in [7, 11) is 0. The molecule has 2 aromatic heterocycles. The lowest BCUT2D eigenvalue weighted by molar-refractivity contribution is -0.114. The molecule has 7 rings (SSSR count). The highest BCUT2D eigenvalue weighted by molar-refractivity contribution is 6.14. The molecule has 3 aliphatic carbocycles. The van der Waals surface area contributed by atoms with Crippen molar-refractivity contribution in [3.8, 4) is 28.3 Å². The number of ketones is 1. The van der Waals surface area contributed by atoms with Gasteiger partial charge in [-0.2, -0.15) is 0 Å². The Morgan fingerprint density at radius 2 is 2.11 bits per heavy atom. The average Bonchev–Trinajstić information content (AvgIpc) is 3.60. The van der Waals surface area contributed by atoms with Crippen molar-refractivity contribution < 1.29 is 14.3 Å². The Labute approximate surface area is 208 Å². The van der Waals surface area contributed by atoms with Crippen molar-refractivity contribution in [2.45, 2.75) is 38.5 Å². The smallest absolute Gasteiger partial charge is 0.250 e. The van der Waals surface area contributed by atoms with E-state index in [4.69, 9.17) is 15.1 Å². The lowest BCUT2D eigenvalue weighted by Crippen LogP contribution is -2.36. The summed E-state index contributed by atoms with van der Waals surface area (Å²) in [4.78, 5) is 35.7. The van der Waals surface area contributed by atoms with Gasteiger partial charge in [-0.3, -0.25) is 14.6 Å². The van der Waals surface area contributed by atoms with Crippen LogP contribution in [0.1, 0.15) is 46.4 Å². The van der Waals surface area contributed by atoms with Crippen molar-refractivity contribution in [2.24, 2.45) is 5.41 Å². The van der Waals surface area contributed by atoms with Gasteiger partial charge in [-0.15, -0.1) is 0 Å². The third kappa shape index (κ3) is 3.05. The quantitative estimate of drug-likeness (QED) is 0.522. The van der Waals surface area contributed by atoms with Gasteiger partial charge >= 0.3 is 0 Å². The second-order valence-corrected chi connectivity index (χ2v) is 10.3. The zero-order valence-corrected chi connectivity index (χ0v) is 19.9. The molecule has 0 radical (unpaired) electrons. The maximum atomic E-state index is 13.2. The fourth-order valence-electron chi connectivity index (χ4n) is 6.11. The van der Waals surface area contributed by atoms with Gasteiger partial charge in [0, 0.05) is 51.8 Å². The van der Waals surface area contributed by atoms with E-state index in [0.29, 0.717) is 24.6 Å². The van der Waals surface area contributed by atoms with E-state index < -0.39 is 0 Å². The number of rotatable bonds is 2. The van der Waals surface area contributed by atoms with Crippen LogP contribution in [0.4, 0.5) is 5.69 Å². The topological polar surface area (TPSA) is 99.1 Å². The van der Waals surface area contributed by atoms with Crippen LogP contribution in [0.5, 0.6) is 5.75 Å². The molecule has 3 aromatic rings.